The third-order valence-electron chi connectivity index (χ3n) is 4.21. The first kappa shape index (κ1) is 14.2. The number of carbonyl (C=O) groups excluding carboxylic acids is 1. The fraction of sp³-hybridized carbons (Fsp3) is 0.467. The number of ether oxygens (including phenoxy) is 1. The molecule has 2 N–H and O–H groups in total. The largest absolute Gasteiger partial charge is 0.493 e. The Labute approximate surface area is 127 Å². The van der Waals surface area contributed by atoms with Crippen LogP contribution in [-0.2, 0) is 22.6 Å². The number of hydrogen-bond acceptors (Lipinski definition) is 3. The number of amides is 1. The van der Waals surface area contributed by atoms with Gasteiger partial charge in [-0.15, -0.1) is 0 Å². The van der Waals surface area contributed by atoms with Gasteiger partial charge in [-0.3, -0.25) is 9.59 Å². The summed E-state index contributed by atoms with van der Waals surface area (Å²) in [6.45, 7) is 0.935. The summed E-state index contributed by atoms with van der Waals surface area (Å²) >= 11 is 6.06. The molecule has 1 fully saturated rings. The Balaban J connectivity index is 1.66. The highest BCUT2D eigenvalue weighted by molar-refractivity contribution is 6.30. The molecule has 112 valence electrons. The summed E-state index contributed by atoms with van der Waals surface area (Å²) in [5, 5.41) is 12.4. The molecule has 0 radical (unpaired) electrons. The first-order valence-electron chi connectivity index (χ1n) is 7.01. The molecule has 0 bridgehead atoms. The van der Waals surface area contributed by atoms with Gasteiger partial charge in [0.05, 0.1) is 18.4 Å². The minimum Gasteiger partial charge on any atom is -0.493 e. The maximum atomic E-state index is 12.1. The van der Waals surface area contributed by atoms with Crippen molar-refractivity contribution in [3.8, 4) is 5.75 Å². The molecule has 1 saturated carbocycles. The highest BCUT2D eigenvalue weighted by Gasteiger charge is 2.41. The molecule has 1 aromatic carbocycles. The monoisotopic (exact) mass is 309 g/mol. The van der Waals surface area contributed by atoms with Crippen molar-refractivity contribution in [3.05, 3.63) is 28.3 Å². The predicted molar refractivity (Wildman–Crippen MR) is 76.3 cm³/mol. The van der Waals surface area contributed by atoms with Gasteiger partial charge in [-0.2, -0.15) is 0 Å². The van der Waals surface area contributed by atoms with E-state index in [4.69, 9.17) is 21.4 Å². The zero-order valence-corrected chi connectivity index (χ0v) is 12.2. The van der Waals surface area contributed by atoms with Gasteiger partial charge in [-0.25, -0.2) is 0 Å². The van der Waals surface area contributed by atoms with Gasteiger partial charge < -0.3 is 15.2 Å². The number of fused-ring (bicyclic) bond motifs is 1. The van der Waals surface area contributed by atoms with E-state index in [1.54, 1.807) is 6.07 Å². The van der Waals surface area contributed by atoms with E-state index >= 15 is 0 Å². The van der Waals surface area contributed by atoms with Crippen LogP contribution in [0, 0.1) is 11.8 Å². The van der Waals surface area contributed by atoms with Crippen LogP contribution in [0.15, 0.2) is 12.1 Å². The Morgan fingerprint density at radius 3 is 2.76 bits per heavy atom. The summed E-state index contributed by atoms with van der Waals surface area (Å²) in [5.41, 5.74) is 1.90. The van der Waals surface area contributed by atoms with Crippen LogP contribution in [0.2, 0.25) is 5.02 Å². The number of halogens is 1. The van der Waals surface area contributed by atoms with E-state index in [-0.39, 0.29) is 5.91 Å². The molecule has 2 unspecified atom stereocenters. The molecule has 5 nitrogen and oxygen atoms in total. The molecule has 0 aromatic heterocycles. The molecule has 2 aliphatic rings. The second-order valence-electron chi connectivity index (χ2n) is 5.50. The van der Waals surface area contributed by atoms with Crippen LogP contribution >= 0.6 is 11.6 Å². The number of carboxylic acid groups (broad SMARTS) is 1. The van der Waals surface area contributed by atoms with Crippen LogP contribution < -0.4 is 10.1 Å². The third-order valence-corrected chi connectivity index (χ3v) is 4.42. The summed E-state index contributed by atoms with van der Waals surface area (Å²) in [6, 6.07) is 3.66. The molecule has 1 aromatic rings. The number of carboxylic acids is 1. The van der Waals surface area contributed by atoms with Crippen molar-refractivity contribution >= 4 is 23.5 Å². The lowest BCUT2D eigenvalue weighted by Gasteiger charge is -2.32. The van der Waals surface area contributed by atoms with Gasteiger partial charge in [0.15, 0.2) is 0 Å². The van der Waals surface area contributed by atoms with Crippen molar-refractivity contribution in [3.63, 3.8) is 0 Å². The molecule has 1 aliphatic heterocycles. The summed E-state index contributed by atoms with van der Waals surface area (Å²) in [5.74, 6) is -1.28. The van der Waals surface area contributed by atoms with Crippen LogP contribution in [0.3, 0.4) is 0 Å². The average Bonchev–Trinajstić information content (AvgIpc) is 2.81. The SMILES string of the molecule is O=C(O)C1CCC1C(=O)NCc1cc(Cl)cc2c1OCC2. The lowest BCUT2D eigenvalue weighted by molar-refractivity contribution is -0.152. The zero-order valence-electron chi connectivity index (χ0n) is 11.4. The minimum absolute atomic E-state index is 0.208. The third kappa shape index (κ3) is 2.70. The summed E-state index contributed by atoms with van der Waals surface area (Å²) < 4.78 is 5.57. The van der Waals surface area contributed by atoms with E-state index in [9.17, 15) is 9.59 Å². The van der Waals surface area contributed by atoms with Gasteiger partial charge in [-0.05, 0) is 30.5 Å². The van der Waals surface area contributed by atoms with E-state index in [0.29, 0.717) is 31.0 Å². The highest BCUT2D eigenvalue weighted by Crippen LogP contribution is 2.35. The molecular weight excluding hydrogens is 294 g/mol. The lowest BCUT2D eigenvalue weighted by Crippen LogP contribution is -2.43. The number of carbonyl (C=O) groups is 2. The van der Waals surface area contributed by atoms with E-state index in [1.807, 2.05) is 6.07 Å². The number of benzene rings is 1. The quantitative estimate of drug-likeness (QED) is 0.892. The normalized spacial score (nSPS) is 22.9. The number of hydrogen-bond donors (Lipinski definition) is 2. The summed E-state index contributed by atoms with van der Waals surface area (Å²) in [7, 11) is 0. The van der Waals surface area contributed by atoms with Crippen molar-refractivity contribution < 1.29 is 19.4 Å². The first-order chi connectivity index (χ1) is 10.1. The van der Waals surface area contributed by atoms with Gasteiger partial charge in [0.2, 0.25) is 5.91 Å². The second-order valence-corrected chi connectivity index (χ2v) is 5.93. The van der Waals surface area contributed by atoms with E-state index < -0.39 is 17.8 Å². The molecule has 21 heavy (non-hydrogen) atoms. The highest BCUT2D eigenvalue weighted by atomic mass is 35.5. The smallest absolute Gasteiger partial charge is 0.307 e. The van der Waals surface area contributed by atoms with Crippen LogP contribution in [0.5, 0.6) is 5.75 Å². The number of rotatable bonds is 4. The maximum Gasteiger partial charge on any atom is 0.307 e. The molecule has 1 aliphatic carbocycles. The van der Waals surface area contributed by atoms with Crippen molar-refractivity contribution in [1.29, 1.82) is 0 Å². The molecule has 3 rings (SSSR count). The fourth-order valence-electron chi connectivity index (χ4n) is 2.90. The van der Waals surface area contributed by atoms with Crippen molar-refractivity contribution in [2.24, 2.45) is 11.8 Å². The van der Waals surface area contributed by atoms with Gasteiger partial charge in [-0.1, -0.05) is 11.6 Å². The number of nitrogens with one attached hydrogen (secondary N) is 1. The fourth-order valence-corrected chi connectivity index (χ4v) is 3.16. The predicted octanol–water partition coefficient (Wildman–Crippen LogP) is 2.00. The van der Waals surface area contributed by atoms with Crippen molar-refractivity contribution in [1.82, 2.24) is 5.32 Å². The molecule has 6 heteroatoms. The van der Waals surface area contributed by atoms with Gasteiger partial charge >= 0.3 is 5.97 Å². The Morgan fingerprint density at radius 1 is 1.33 bits per heavy atom. The lowest BCUT2D eigenvalue weighted by atomic mass is 9.73. The molecule has 0 spiro atoms. The maximum absolute atomic E-state index is 12.1. The van der Waals surface area contributed by atoms with Gasteiger partial charge in [0.25, 0.3) is 0 Å². The zero-order chi connectivity index (χ0) is 15.0. The van der Waals surface area contributed by atoms with E-state index in [2.05, 4.69) is 5.32 Å². The van der Waals surface area contributed by atoms with E-state index in [0.717, 1.165) is 23.3 Å². The Morgan fingerprint density at radius 2 is 2.10 bits per heavy atom. The van der Waals surface area contributed by atoms with Crippen LogP contribution in [0.4, 0.5) is 0 Å². The topological polar surface area (TPSA) is 75.6 Å². The Kier molecular flexibility index (Phi) is 3.76. The standard InChI is InChI=1S/C15H16ClNO4/c16-10-5-8-3-4-21-13(8)9(6-10)7-17-14(18)11-1-2-12(11)15(19)20/h5-6,11-12H,1-4,7H2,(H,17,18)(H,19,20). The average molecular weight is 310 g/mol. The number of aliphatic carboxylic acids is 1. The molecule has 1 heterocycles. The summed E-state index contributed by atoms with van der Waals surface area (Å²) in [4.78, 5) is 23.0. The Hall–Kier alpha value is -1.75. The van der Waals surface area contributed by atoms with Gasteiger partial charge in [0, 0.05) is 23.6 Å². The van der Waals surface area contributed by atoms with Crippen LogP contribution in [-0.4, -0.2) is 23.6 Å². The second kappa shape index (κ2) is 5.56. The van der Waals surface area contributed by atoms with Crippen molar-refractivity contribution in [2.75, 3.05) is 6.61 Å². The van der Waals surface area contributed by atoms with Crippen molar-refractivity contribution in [2.45, 2.75) is 25.8 Å². The van der Waals surface area contributed by atoms with E-state index in [1.165, 1.54) is 0 Å². The minimum atomic E-state index is -0.895. The molecule has 2 atom stereocenters. The molecule has 1 amide bonds. The Bertz CT molecular complexity index is 602. The van der Waals surface area contributed by atoms with Crippen LogP contribution in [0.1, 0.15) is 24.0 Å². The summed E-state index contributed by atoms with van der Waals surface area (Å²) in [6.07, 6.45) is 2.02. The van der Waals surface area contributed by atoms with Gasteiger partial charge in [0.1, 0.15) is 5.75 Å². The first-order valence-corrected chi connectivity index (χ1v) is 7.38. The molecular formula is C15H16ClNO4. The van der Waals surface area contributed by atoms with Crippen LogP contribution in [0.25, 0.3) is 0 Å². The molecule has 0 saturated heterocycles.